The minimum absolute atomic E-state index is 0.0173. The number of carbonyl (C=O) groups is 3. The molecule has 2 rings (SSSR count). The predicted octanol–water partition coefficient (Wildman–Crippen LogP) is 3.55. The van der Waals surface area contributed by atoms with Crippen LogP contribution in [-0.4, -0.2) is 17.6 Å². The lowest BCUT2D eigenvalue weighted by molar-refractivity contribution is -0.121. The van der Waals surface area contributed by atoms with E-state index in [9.17, 15) is 14.4 Å². The molecule has 7 heteroatoms. The fourth-order valence-corrected chi connectivity index (χ4v) is 3.58. The molecule has 1 aromatic heterocycles. The lowest BCUT2D eigenvalue weighted by atomic mass is 10.1. The average Bonchev–Trinajstić information content (AvgIpc) is 2.89. The first-order valence-electron chi connectivity index (χ1n) is 7.32. The molecular weight excluding hydrogens is 392 g/mol. The summed E-state index contributed by atoms with van der Waals surface area (Å²) >= 11 is 4.83. The molecule has 0 unspecified atom stereocenters. The maximum Gasteiger partial charge on any atom is 0.270 e. The molecule has 0 aliphatic heterocycles. The quantitative estimate of drug-likeness (QED) is 0.586. The molecule has 0 aliphatic rings. The third kappa shape index (κ3) is 4.75. The molecule has 0 atom stereocenters. The van der Waals surface area contributed by atoms with Crippen molar-refractivity contribution in [3.8, 4) is 0 Å². The molecule has 0 saturated heterocycles. The monoisotopic (exact) mass is 408 g/mol. The third-order valence-corrected chi connectivity index (χ3v) is 5.01. The number of aryl methyl sites for hydroxylation is 2. The maximum absolute atomic E-state index is 12.1. The molecular formula is C17H17BrN2O3S. The maximum atomic E-state index is 12.1. The van der Waals surface area contributed by atoms with E-state index in [-0.39, 0.29) is 18.6 Å². The van der Waals surface area contributed by atoms with Gasteiger partial charge in [0.05, 0.1) is 5.56 Å². The highest BCUT2D eigenvalue weighted by molar-refractivity contribution is 9.10. The Balaban J connectivity index is 1.81. The Morgan fingerprint density at radius 1 is 1.04 bits per heavy atom. The van der Waals surface area contributed by atoms with Gasteiger partial charge in [0.2, 0.25) is 5.91 Å². The van der Waals surface area contributed by atoms with Crippen molar-refractivity contribution >= 4 is 44.9 Å². The summed E-state index contributed by atoms with van der Waals surface area (Å²) in [5, 5.41) is 0. The summed E-state index contributed by atoms with van der Waals surface area (Å²) in [7, 11) is 0. The van der Waals surface area contributed by atoms with Gasteiger partial charge in [0.1, 0.15) is 0 Å². The second-order valence-corrected chi connectivity index (χ2v) is 7.55. The van der Waals surface area contributed by atoms with Crippen molar-refractivity contribution in [2.24, 2.45) is 0 Å². The smallest absolute Gasteiger partial charge is 0.270 e. The van der Waals surface area contributed by atoms with Gasteiger partial charge in [-0.3, -0.25) is 25.2 Å². The van der Waals surface area contributed by atoms with Crippen molar-refractivity contribution in [1.29, 1.82) is 0 Å². The van der Waals surface area contributed by atoms with Crippen LogP contribution >= 0.6 is 27.3 Å². The predicted molar refractivity (Wildman–Crippen MR) is 97.1 cm³/mol. The van der Waals surface area contributed by atoms with E-state index in [2.05, 4.69) is 26.8 Å². The minimum atomic E-state index is -0.425. The van der Waals surface area contributed by atoms with Gasteiger partial charge in [0.15, 0.2) is 5.78 Å². The number of benzene rings is 1. The van der Waals surface area contributed by atoms with Crippen LogP contribution in [0.2, 0.25) is 0 Å². The van der Waals surface area contributed by atoms with Crippen LogP contribution in [0.4, 0.5) is 0 Å². The molecule has 2 N–H and O–H groups in total. The zero-order valence-electron chi connectivity index (χ0n) is 13.3. The average molecular weight is 409 g/mol. The SMILES string of the molecule is Cc1cc(C(=O)CCC(=O)NNC(=O)c2ccccc2Br)c(C)s1. The number of halogens is 1. The normalized spacial score (nSPS) is 10.3. The number of hydrogen-bond donors (Lipinski definition) is 2. The van der Waals surface area contributed by atoms with E-state index in [1.165, 1.54) is 0 Å². The Hall–Kier alpha value is -1.99. The van der Waals surface area contributed by atoms with Crippen LogP contribution in [-0.2, 0) is 4.79 Å². The highest BCUT2D eigenvalue weighted by Crippen LogP contribution is 2.22. The summed E-state index contributed by atoms with van der Waals surface area (Å²) in [6, 6.07) is 8.73. The Morgan fingerprint density at radius 2 is 1.75 bits per heavy atom. The van der Waals surface area contributed by atoms with E-state index < -0.39 is 11.8 Å². The number of thiophene rings is 1. The second-order valence-electron chi connectivity index (χ2n) is 5.23. The largest absolute Gasteiger partial charge is 0.294 e. The molecule has 0 fully saturated rings. The van der Waals surface area contributed by atoms with Gasteiger partial charge < -0.3 is 0 Å². The van der Waals surface area contributed by atoms with E-state index in [0.717, 1.165) is 9.75 Å². The van der Waals surface area contributed by atoms with Crippen LogP contribution in [0.25, 0.3) is 0 Å². The van der Waals surface area contributed by atoms with Crippen LogP contribution < -0.4 is 10.9 Å². The van der Waals surface area contributed by atoms with Crippen LogP contribution in [0.1, 0.15) is 43.3 Å². The molecule has 5 nitrogen and oxygen atoms in total. The Kier molecular flexibility index (Phi) is 6.28. The summed E-state index contributed by atoms with van der Waals surface area (Å²) in [4.78, 5) is 37.9. The number of carbonyl (C=O) groups excluding carboxylic acids is 3. The Morgan fingerprint density at radius 3 is 2.38 bits per heavy atom. The van der Waals surface area contributed by atoms with Crippen molar-refractivity contribution in [1.82, 2.24) is 10.9 Å². The number of Topliss-reactive ketones (excluding diaryl/α,β-unsaturated/α-hetero) is 1. The van der Waals surface area contributed by atoms with E-state index in [1.54, 1.807) is 35.6 Å². The highest BCUT2D eigenvalue weighted by Gasteiger charge is 2.15. The zero-order chi connectivity index (χ0) is 17.7. The van der Waals surface area contributed by atoms with Gasteiger partial charge in [-0.15, -0.1) is 11.3 Å². The van der Waals surface area contributed by atoms with Gasteiger partial charge in [-0.05, 0) is 48.0 Å². The van der Waals surface area contributed by atoms with Gasteiger partial charge in [0, 0.05) is 32.6 Å². The van der Waals surface area contributed by atoms with E-state index in [1.807, 2.05) is 19.9 Å². The summed E-state index contributed by atoms with van der Waals surface area (Å²) in [5.74, 6) is -0.899. The first-order valence-corrected chi connectivity index (χ1v) is 8.93. The topological polar surface area (TPSA) is 75.3 Å². The summed E-state index contributed by atoms with van der Waals surface area (Å²) in [6.07, 6.45) is 0.122. The Bertz CT molecular complexity index is 786. The number of hydrazine groups is 1. The van der Waals surface area contributed by atoms with Gasteiger partial charge in [-0.25, -0.2) is 0 Å². The van der Waals surface area contributed by atoms with Crippen LogP contribution in [0, 0.1) is 13.8 Å². The first-order chi connectivity index (χ1) is 11.4. The van der Waals surface area contributed by atoms with E-state index in [0.29, 0.717) is 15.6 Å². The number of hydrogen-bond acceptors (Lipinski definition) is 4. The minimum Gasteiger partial charge on any atom is -0.294 e. The third-order valence-electron chi connectivity index (χ3n) is 3.35. The molecule has 0 saturated carbocycles. The van der Waals surface area contributed by atoms with Crippen molar-refractivity contribution in [3.63, 3.8) is 0 Å². The summed E-state index contributed by atoms with van der Waals surface area (Å²) < 4.78 is 0.634. The Labute approximate surface area is 152 Å². The van der Waals surface area contributed by atoms with Crippen LogP contribution in [0.15, 0.2) is 34.8 Å². The molecule has 0 spiro atoms. The van der Waals surface area contributed by atoms with E-state index >= 15 is 0 Å². The van der Waals surface area contributed by atoms with Crippen molar-refractivity contribution in [3.05, 3.63) is 55.7 Å². The van der Waals surface area contributed by atoms with Crippen LogP contribution in [0.3, 0.4) is 0 Å². The molecule has 126 valence electrons. The molecule has 0 aliphatic carbocycles. The number of rotatable bonds is 5. The molecule has 0 radical (unpaired) electrons. The number of ketones is 1. The molecule has 1 heterocycles. The van der Waals surface area contributed by atoms with Gasteiger partial charge in [-0.2, -0.15) is 0 Å². The second kappa shape index (κ2) is 8.21. The number of nitrogens with one attached hydrogen (secondary N) is 2. The number of amides is 2. The van der Waals surface area contributed by atoms with Gasteiger partial charge >= 0.3 is 0 Å². The molecule has 2 amide bonds. The zero-order valence-corrected chi connectivity index (χ0v) is 15.7. The fraction of sp³-hybridized carbons (Fsp3) is 0.235. The summed E-state index contributed by atoms with van der Waals surface area (Å²) in [5.41, 5.74) is 5.75. The lowest BCUT2D eigenvalue weighted by Crippen LogP contribution is -2.41. The lowest BCUT2D eigenvalue weighted by Gasteiger charge is -2.08. The highest BCUT2D eigenvalue weighted by atomic mass is 79.9. The molecule has 24 heavy (non-hydrogen) atoms. The van der Waals surface area contributed by atoms with Gasteiger partial charge in [0.25, 0.3) is 5.91 Å². The van der Waals surface area contributed by atoms with Crippen molar-refractivity contribution in [2.45, 2.75) is 26.7 Å². The molecule has 2 aromatic rings. The summed E-state index contributed by atoms with van der Waals surface area (Å²) in [6.45, 7) is 3.83. The first kappa shape index (κ1) is 18.4. The molecule has 0 bridgehead atoms. The standard InChI is InChI=1S/C17H17BrN2O3S/c1-10-9-13(11(2)24-10)15(21)7-8-16(22)19-20-17(23)12-5-3-4-6-14(12)18/h3-6,9H,7-8H2,1-2H3,(H,19,22)(H,20,23). The van der Waals surface area contributed by atoms with Crippen LogP contribution in [0.5, 0.6) is 0 Å². The van der Waals surface area contributed by atoms with Gasteiger partial charge in [-0.1, -0.05) is 12.1 Å². The molecule has 1 aromatic carbocycles. The van der Waals surface area contributed by atoms with Crippen molar-refractivity contribution in [2.75, 3.05) is 0 Å². The fourth-order valence-electron chi connectivity index (χ4n) is 2.17. The van der Waals surface area contributed by atoms with Crippen molar-refractivity contribution < 1.29 is 14.4 Å². The van der Waals surface area contributed by atoms with E-state index in [4.69, 9.17) is 0 Å².